The van der Waals surface area contributed by atoms with Gasteiger partial charge in [0.2, 0.25) is 0 Å². The Morgan fingerprint density at radius 1 is 1.00 bits per heavy atom. The second kappa shape index (κ2) is 3.97. The Labute approximate surface area is 96.3 Å². The molecule has 0 saturated heterocycles. The van der Waals surface area contributed by atoms with Crippen molar-refractivity contribution in [2.75, 3.05) is 0 Å². The van der Waals surface area contributed by atoms with Gasteiger partial charge in [-0.15, -0.1) is 0 Å². The molecule has 0 nitrogen and oxygen atoms in total. The monoisotopic (exact) mass is 206 g/mol. The van der Waals surface area contributed by atoms with Gasteiger partial charge in [0, 0.05) is 0 Å². The highest BCUT2D eigenvalue weighted by Gasteiger charge is 2.12. The zero-order valence-corrected chi connectivity index (χ0v) is 9.19. The maximum absolute atomic E-state index is 2.34. The van der Waals surface area contributed by atoms with Gasteiger partial charge in [0.1, 0.15) is 0 Å². The molecule has 0 heteroatoms. The summed E-state index contributed by atoms with van der Waals surface area (Å²) < 4.78 is 0. The molecule has 3 rings (SSSR count). The van der Waals surface area contributed by atoms with E-state index in [1.54, 1.807) is 0 Å². The predicted octanol–water partition coefficient (Wildman–Crippen LogP) is 4.37. The van der Waals surface area contributed by atoms with Gasteiger partial charge in [0.25, 0.3) is 0 Å². The molecule has 0 N–H and O–H groups in total. The quantitative estimate of drug-likeness (QED) is 0.591. The van der Waals surface area contributed by atoms with E-state index in [0.717, 1.165) is 12.8 Å². The van der Waals surface area contributed by atoms with Crippen LogP contribution in [0.1, 0.15) is 24.0 Å². The molecule has 1 aromatic rings. The van der Waals surface area contributed by atoms with Crippen LogP contribution in [-0.2, 0) is 0 Å². The molecule has 0 fully saturated rings. The topological polar surface area (TPSA) is 0 Å². The van der Waals surface area contributed by atoms with E-state index in [1.165, 1.54) is 22.3 Å². The highest BCUT2D eigenvalue weighted by molar-refractivity contribution is 5.86. The summed E-state index contributed by atoms with van der Waals surface area (Å²) in [5.74, 6) is 0. The van der Waals surface area contributed by atoms with Crippen LogP contribution in [0, 0.1) is 0 Å². The zero-order valence-electron chi connectivity index (χ0n) is 9.19. The lowest BCUT2D eigenvalue weighted by atomic mass is 9.94. The fraction of sp³-hybridized carbons (Fsp3) is 0.125. The lowest BCUT2D eigenvalue weighted by Crippen LogP contribution is -1.89. The van der Waals surface area contributed by atoms with Gasteiger partial charge in [-0.2, -0.15) is 0 Å². The van der Waals surface area contributed by atoms with Crippen LogP contribution >= 0.6 is 0 Å². The van der Waals surface area contributed by atoms with Gasteiger partial charge in [-0.05, 0) is 35.1 Å². The molecule has 0 heterocycles. The van der Waals surface area contributed by atoms with Crippen LogP contribution in [0.2, 0.25) is 0 Å². The fourth-order valence-corrected chi connectivity index (χ4v) is 2.33. The third-order valence-electron chi connectivity index (χ3n) is 3.13. The Morgan fingerprint density at radius 3 is 2.94 bits per heavy atom. The molecule has 2 aliphatic carbocycles. The Balaban J connectivity index is 2.23. The molecule has 0 saturated carbocycles. The first-order valence-corrected chi connectivity index (χ1v) is 5.77. The molecular formula is C16H14. The second-order valence-corrected chi connectivity index (χ2v) is 4.17. The lowest BCUT2D eigenvalue weighted by molar-refractivity contribution is 1.26. The van der Waals surface area contributed by atoms with Gasteiger partial charge < -0.3 is 0 Å². The summed E-state index contributed by atoms with van der Waals surface area (Å²) in [6.07, 6.45) is 15.5. The van der Waals surface area contributed by atoms with Crippen LogP contribution in [0.4, 0.5) is 0 Å². The van der Waals surface area contributed by atoms with Crippen LogP contribution in [0.3, 0.4) is 0 Å². The van der Waals surface area contributed by atoms with Crippen LogP contribution < -0.4 is 0 Å². The molecule has 16 heavy (non-hydrogen) atoms. The summed E-state index contributed by atoms with van der Waals surface area (Å²) in [6.45, 7) is 0. The van der Waals surface area contributed by atoms with Crippen LogP contribution in [-0.4, -0.2) is 0 Å². The van der Waals surface area contributed by atoms with Gasteiger partial charge in [0.15, 0.2) is 0 Å². The van der Waals surface area contributed by atoms with Crippen molar-refractivity contribution in [3.63, 3.8) is 0 Å². The van der Waals surface area contributed by atoms with Crippen molar-refractivity contribution < 1.29 is 0 Å². The number of hydrogen-bond donors (Lipinski definition) is 0. The number of benzene rings is 1. The Hall–Kier alpha value is -1.82. The van der Waals surface area contributed by atoms with Crippen LogP contribution in [0.25, 0.3) is 11.6 Å². The maximum atomic E-state index is 2.34. The minimum absolute atomic E-state index is 1.04. The van der Waals surface area contributed by atoms with E-state index >= 15 is 0 Å². The maximum Gasteiger partial charge on any atom is -0.00910 e. The van der Waals surface area contributed by atoms with Gasteiger partial charge in [-0.25, -0.2) is 0 Å². The number of hydrogen-bond acceptors (Lipinski definition) is 0. The molecule has 2 aliphatic rings. The lowest BCUT2D eigenvalue weighted by Gasteiger charge is -2.10. The van der Waals surface area contributed by atoms with E-state index in [-0.39, 0.29) is 0 Å². The third-order valence-corrected chi connectivity index (χ3v) is 3.13. The van der Waals surface area contributed by atoms with Crippen molar-refractivity contribution in [1.29, 1.82) is 0 Å². The van der Waals surface area contributed by atoms with Gasteiger partial charge in [-0.3, -0.25) is 0 Å². The Morgan fingerprint density at radius 2 is 1.94 bits per heavy atom. The molecule has 0 amide bonds. The van der Waals surface area contributed by atoms with Gasteiger partial charge >= 0.3 is 0 Å². The number of rotatable bonds is 0. The average molecular weight is 206 g/mol. The first kappa shape index (κ1) is 9.41. The Bertz CT molecular complexity index is 525. The molecule has 0 unspecified atom stereocenters. The molecule has 0 radical (unpaired) electrons. The minimum Gasteiger partial charge on any atom is -0.0807 e. The van der Waals surface area contributed by atoms with Crippen molar-refractivity contribution >= 4 is 11.6 Å². The highest BCUT2D eigenvalue weighted by atomic mass is 14.2. The molecule has 0 aliphatic heterocycles. The summed E-state index contributed by atoms with van der Waals surface area (Å²) in [5, 5.41) is 0. The average Bonchev–Trinajstić information content (AvgIpc) is 2.62. The molecule has 0 aromatic heterocycles. The predicted molar refractivity (Wildman–Crippen MR) is 69.9 cm³/mol. The molecule has 1 aromatic carbocycles. The van der Waals surface area contributed by atoms with E-state index in [4.69, 9.17) is 0 Å². The summed E-state index contributed by atoms with van der Waals surface area (Å²) in [5.41, 5.74) is 5.52. The van der Waals surface area contributed by atoms with E-state index in [9.17, 15) is 0 Å². The molecule has 0 spiro atoms. The zero-order chi connectivity index (χ0) is 10.8. The first-order valence-electron chi connectivity index (χ1n) is 5.77. The van der Waals surface area contributed by atoms with Crippen LogP contribution in [0.5, 0.6) is 0 Å². The normalized spacial score (nSPS) is 17.8. The smallest absolute Gasteiger partial charge is 0.00910 e. The first-order chi connectivity index (χ1) is 7.95. The fourth-order valence-electron chi connectivity index (χ4n) is 2.33. The van der Waals surface area contributed by atoms with E-state index in [1.807, 2.05) is 0 Å². The minimum atomic E-state index is 1.04. The third kappa shape index (κ3) is 1.57. The molecule has 78 valence electrons. The molecular weight excluding hydrogens is 192 g/mol. The largest absolute Gasteiger partial charge is 0.0807 e. The van der Waals surface area contributed by atoms with Crippen molar-refractivity contribution in [3.05, 3.63) is 71.3 Å². The highest BCUT2D eigenvalue weighted by Crippen LogP contribution is 2.33. The standard InChI is InChI=1S/C16H14/c1-2-7-13-9-6-10-14-8-4-5-12-16(14)15(13)11-3-1/h1,3-8,10-12H,2,9H2. The van der Waals surface area contributed by atoms with Crippen molar-refractivity contribution in [3.8, 4) is 0 Å². The summed E-state index contributed by atoms with van der Waals surface area (Å²) in [4.78, 5) is 0. The summed E-state index contributed by atoms with van der Waals surface area (Å²) in [6, 6.07) is 8.62. The van der Waals surface area contributed by atoms with Crippen molar-refractivity contribution in [1.82, 2.24) is 0 Å². The van der Waals surface area contributed by atoms with Crippen molar-refractivity contribution in [2.24, 2.45) is 0 Å². The van der Waals surface area contributed by atoms with Gasteiger partial charge in [0.05, 0.1) is 0 Å². The summed E-state index contributed by atoms with van der Waals surface area (Å²) >= 11 is 0. The van der Waals surface area contributed by atoms with E-state index < -0.39 is 0 Å². The molecule has 0 bridgehead atoms. The SMILES string of the molecule is C1=CCC=C2CC=Cc3ccccc3C2=C1. The van der Waals surface area contributed by atoms with Crippen molar-refractivity contribution in [2.45, 2.75) is 12.8 Å². The molecule has 0 atom stereocenters. The van der Waals surface area contributed by atoms with E-state index in [2.05, 4.69) is 60.7 Å². The number of allylic oxidation sites excluding steroid dienone is 7. The van der Waals surface area contributed by atoms with Gasteiger partial charge in [-0.1, -0.05) is 60.7 Å². The second-order valence-electron chi connectivity index (χ2n) is 4.17. The Kier molecular flexibility index (Phi) is 2.34. The number of fused-ring (bicyclic) bond motifs is 3. The van der Waals surface area contributed by atoms with Crippen LogP contribution in [0.15, 0.2) is 60.2 Å². The summed E-state index contributed by atoms with van der Waals surface area (Å²) in [7, 11) is 0. The van der Waals surface area contributed by atoms with E-state index in [0.29, 0.717) is 0 Å².